The van der Waals surface area contributed by atoms with Gasteiger partial charge in [-0.25, -0.2) is 0 Å². The first-order valence-corrected chi connectivity index (χ1v) is 7.71. The summed E-state index contributed by atoms with van der Waals surface area (Å²) in [5.41, 5.74) is 6.89. The van der Waals surface area contributed by atoms with Crippen LogP contribution in [0.25, 0.3) is 0 Å². The summed E-state index contributed by atoms with van der Waals surface area (Å²) in [6, 6.07) is 5.17. The number of nitrogens with two attached hydrogens (primary N) is 1. The lowest BCUT2D eigenvalue weighted by atomic mass is 9.76. The Morgan fingerprint density at radius 3 is 2.25 bits per heavy atom. The molecule has 2 N–H and O–H groups in total. The average Bonchev–Trinajstić information content (AvgIpc) is 2.80. The lowest BCUT2D eigenvalue weighted by Crippen LogP contribution is -2.47. The number of carbonyl (C=O) groups is 2. The third-order valence-electron chi connectivity index (χ3n) is 4.46. The van der Waals surface area contributed by atoms with Crippen LogP contribution in [0.5, 0.6) is 0 Å². The smallest absolute Gasteiger partial charge is 0.234 e. The fraction of sp³-hybridized carbons (Fsp3) is 0.467. The van der Waals surface area contributed by atoms with Crippen molar-refractivity contribution in [2.45, 2.75) is 38.5 Å². The average molecular weight is 337 g/mol. The van der Waals surface area contributed by atoms with E-state index in [1.807, 2.05) is 0 Å². The van der Waals surface area contributed by atoms with E-state index in [1.54, 1.807) is 18.2 Å². The number of hydrogen-bond acceptors (Lipinski definition) is 3. The summed E-state index contributed by atoms with van der Waals surface area (Å²) < 4.78 is 0.705. The summed E-state index contributed by atoms with van der Waals surface area (Å²) in [5, 5.41) is 0. The van der Waals surface area contributed by atoms with Gasteiger partial charge in [0, 0.05) is 23.0 Å². The highest BCUT2D eigenvalue weighted by atomic mass is 79.9. The monoisotopic (exact) mass is 336 g/mol. The van der Waals surface area contributed by atoms with E-state index in [0.29, 0.717) is 28.7 Å². The van der Waals surface area contributed by atoms with Crippen molar-refractivity contribution < 1.29 is 9.59 Å². The van der Waals surface area contributed by atoms with Gasteiger partial charge in [-0.15, -0.1) is 0 Å². The summed E-state index contributed by atoms with van der Waals surface area (Å²) in [5.74, 6) is -0.167. The van der Waals surface area contributed by atoms with Gasteiger partial charge < -0.3 is 5.73 Å². The van der Waals surface area contributed by atoms with Crippen molar-refractivity contribution in [1.29, 1.82) is 0 Å². The van der Waals surface area contributed by atoms with E-state index in [1.165, 1.54) is 4.90 Å². The summed E-state index contributed by atoms with van der Waals surface area (Å²) in [6.45, 7) is 0. The molecule has 5 heteroatoms. The molecule has 1 aliphatic heterocycles. The molecule has 2 amide bonds. The number of amides is 2. The van der Waals surface area contributed by atoms with Gasteiger partial charge in [-0.1, -0.05) is 12.8 Å². The molecule has 0 unspecified atom stereocenters. The number of hydrogen-bond donors (Lipinski definition) is 1. The van der Waals surface area contributed by atoms with Gasteiger partial charge in [0.1, 0.15) is 0 Å². The number of carbonyl (C=O) groups excluding carboxylic acids is 2. The van der Waals surface area contributed by atoms with Crippen molar-refractivity contribution in [2.75, 3.05) is 10.6 Å². The Hall–Kier alpha value is -1.36. The van der Waals surface area contributed by atoms with Crippen molar-refractivity contribution in [2.24, 2.45) is 5.41 Å². The standard InChI is InChI=1S/C15H17BrN2O2/c16-11-7-10(3-4-12(11)17)18-13(19)8-15(9-14(18)20)5-1-2-6-15/h3-4,7H,1-2,5-6,8-9,17H2. The zero-order valence-corrected chi connectivity index (χ0v) is 12.8. The summed E-state index contributed by atoms with van der Waals surface area (Å²) in [4.78, 5) is 26.2. The minimum atomic E-state index is -0.0835. The largest absolute Gasteiger partial charge is 0.398 e. The number of nitrogen functional groups attached to an aromatic ring is 1. The molecule has 1 saturated carbocycles. The van der Waals surface area contributed by atoms with Crippen LogP contribution in [0.2, 0.25) is 0 Å². The molecule has 1 aromatic carbocycles. The number of nitrogens with zero attached hydrogens (tertiary/aromatic N) is 1. The molecule has 0 atom stereocenters. The fourth-order valence-electron chi connectivity index (χ4n) is 3.42. The normalized spacial score (nSPS) is 21.8. The van der Waals surface area contributed by atoms with Crippen LogP contribution in [0.15, 0.2) is 22.7 Å². The van der Waals surface area contributed by atoms with Crippen LogP contribution >= 0.6 is 15.9 Å². The van der Waals surface area contributed by atoms with Crippen molar-refractivity contribution in [3.63, 3.8) is 0 Å². The Morgan fingerprint density at radius 1 is 1.10 bits per heavy atom. The molecule has 20 heavy (non-hydrogen) atoms. The number of piperidine rings is 1. The van der Waals surface area contributed by atoms with Gasteiger partial charge >= 0.3 is 0 Å². The molecule has 2 fully saturated rings. The number of halogens is 1. The molecule has 0 aromatic heterocycles. The van der Waals surface area contributed by atoms with Crippen LogP contribution in [0.3, 0.4) is 0 Å². The lowest BCUT2D eigenvalue weighted by molar-refractivity contribution is -0.133. The lowest BCUT2D eigenvalue weighted by Gasteiger charge is -2.37. The third kappa shape index (κ3) is 2.24. The van der Waals surface area contributed by atoms with E-state index >= 15 is 0 Å². The van der Waals surface area contributed by atoms with E-state index < -0.39 is 0 Å². The van der Waals surface area contributed by atoms with Gasteiger partial charge in [0.2, 0.25) is 11.8 Å². The van der Waals surface area contributed by atoms with E-state index in [9.17, 15) is 9.59 Å². The number of benzene rings is 1. The zero-order valence-electron chi connectivity index (χ0n) is 11.2. The molecule has 4 nitrogen and oxygen atoms in total. The van der Waals surface area contributed by atoms with E-state index in [-0.39, 0.29) is 17.2 Å². The van der Waals surface area contributed by atoms with Crippen LogP contribution in [0.1, 0.15) is 38.5 Å². The first-order valence-electron chi connectivity index (χ1n) is 6.92. The quantitative estimate of drug-likeness (QED) is 0.632. The maximum absolute atomic E-state index is 12.4. The first kappa shape index (κ1) is 13.6. The molecule has 0 radical (unpaired) electrons. The van der Waals surface area contributed by atoms with Crippen LogP contribution in [0, 0.1) is 5.41 Å². The van der Waals surface area contributed by atoms with E-state index in [4.69, 9.17) is 5.73 Å². The Kier molecular flexibility index (Phi) is 3.32. The predicted octanol–water partition coefficient (Wildman–Crippen LogP) is 3.25. The van der Waals surface area contributed by atoms with Crippen LogP contribution in [-0.2, 0) is 9.59 Å². The van der Waals surface area contributed by atoms with Crippen molar-refractivity contribution in [3.05, 3.63) is 22.7 Å². The summed E-state index contributed by atoms with van der Waals surface area (Å²) >= 11 is 3.34. The molecule has 2 aliphatic rings. The van der Waals surface area contributed by atoms with Crippen LogP contribution in [-0.4, -0.2) is 11.8 Å². The van der Waals surface area contributed by atoms with Crippen LogP contribution < -0.4 is 10.6 Å². The van der Waals surface area contributed by atoms with Gasteiger partial charge in [0.15, 0.2) is 0 Å². The van der Waals surface area contributed by atoms with Gasteiger partial charge in [-0.2, -0.15) is 0 Å². The molecular formula is C15H17BrN2O2. The highest BCUT2D eigenvalue weighted by Gasteiger charge is 2.45. The SMILES string of the molecule is Nc1ccc(N2C(=O)CC3(CCCC3)CC2=O)cc1Br. The Balaban J connectivity index is 1.89. The molecule has 3 rings (SSSR count). The van der Waals surface area contributed by atoms with Crippen LogP contribution in [0.4, 0.5) is 11.4 Å². The van der Waals surface area contributed by atoms with Gasteiger partial charge in [0.25, 0.3) is 0 Å². The molecule has 1 aliphatic carbocycles. The minimum Gasteiger partial charge on any atom is -0.398 e. The number of anilines is 2. The van der Waals surface area contributed by atoms with Crippen molar-refractivity contribution >= 4 is 39.1 Å². The van der Waals surface area contributed by atoms with Gasteiger partial charge in [0.05, 0.1) is 5.69 Å². The topological polar surface area (TPSA) is 63.4 Å². The van der Waals surface area contributed by atoms with E-state index in [0.717, 1.165) is 25.7 Å². The fourth-order valence-corrected chi connectivity index (χ4v) is 3.79. The molecule has 1 saturated heterocycles. The second kappa shape index (κ2) is 4.88. The first-order chi connectivity index (χ1) is 9.51. The minimum absolute atomic E-state index is 0.0598. The summed E-state index contributed by atoms with van der Waals surface area (Å²) in [6.07, 6.45) is 5.25. The number of imide groups is 1. The molecule has 1 aromatic rings. The highest BCUT2D eigenvalue weighted by Crippen LogP contribution is 2.47. The zero-order chi connectivity index (χ0) is 14.3. The Labute approximate surface area is 126 Å². The molecular weight excluding hydrogens is 320 g/mol. The second-order valence-electron chi connectivity index (χ2n) is 5.89. The molecule has 1 heterocycles. The maximum Gasteiger partial charge on any atom is 0.234 e. The predicted molar refractivity (Wildman–Crippen MR) is 81.2 cm³/mol. The Bertz CT molecular complexity index is 559. The maximum atomic E-state index is 12.4. The van der Waals surface area contributed by atoms with Gasteiger partial charge in [-0.3, -0.25) is 14.5 Å². The van der Waals surface area contributed by atoms with Crippen molar-refractivity contribution in [3.8, 4) is 0 Å². The molecule has 1 spiro atoms. The van der Waals surface area contributed by atoms with E-state index in [2.05, 4.69) is 15.9 Å². The molecule has 106 valence electrons. The summed E-state index contributed by atoms with van der Waals surface area (Å²) in [7, 11) is 0. The Morgan fingerprint density at radius 2 is 1.70 bits per heavy atom. The third-order valence-corrected chi connectivity index (χ3v) is 5.14. The highest BCUT2D eigenvalue weighted by molar-refractivity contribution is 9.10. The second-order valence-corrected chi connectivity index (χ2v) is 6.74. The molecule has 0 bridgehead atoms. The van der Waals surface area contributed by atoms with Crippen molar-refractivity contribution in [1.82, 2.24) is 0 Å². The van der Waals surface area contributed by atoms with Gasteiger partial charge in [-0.05, 0) is 52.4 Å². The number of rotatable bonds is 1.